The third kappa shape index (κ3) is 3.99. The maximum Gasteiger partial charge on any atom is 0.123 e. The lowest BCUT2D eigenvalue weighted by molar-refractivity contribution is 0.628. The molecule has 0 saturated heterocycles. The van der Waals surface area contributed by atoms with Crippen molar-refractivity contribution in [3.05, 3.63) is 59.9 Å². The Hall–Kier alpha value is -1.63. The molecule has 0 atom stereocenters. The molecule has 0 aliphatic rings. The largest absolute Gasteiger partial charge is 0.207 e. The van der Waals surface area contributed by atoms with Crippen LogP contribution in [0.5, 0.6) is 0 Å². The second-order valence-electron chi connectivity index (χ2n) is 4.23. The Morgan fingerprint density at radius 2 is 1.56 bits per heavy atom. The highest BCUT2D eigenvalue weighted by Crippen LogP contribution is 2.24. The van der Waals surface area contributed by atoms with Crippen molar-refractivity contribution in [1.29, 1.82) is 0 Å². The van der Waals surface area contributed by atoms with Gasteiger partial charge in [-0.1, -0.05) is 63.6 Å². The van der Waals surface area contributed by atoms with E-state index in [1.54, 1.807) is 12.1 Å². The van der Waals surface area contributed by atoms with E-state index in [4.69, 9.17) is 0 Å². The molecule has 0 saturated carbocycles. The van der Waals surface area contributed by atoms with E-state index in [1.165, 1.54) is 18.1 Å². The summed E-state index contributed by atoms with van der Waals surface area (Å²) in [5.74, 6) is -0.182. The van der Waals surface area contributed by atoms with Gasteiger partial charge in [-0.05, 0) is 35.2 Å². The van der Waals surface area contributed by atoms with Gasteiger partial charge in [-0.15, -0.1) is 0 Å². The predicted octanol–water partition coefficient (Wildman–Crippen LogP) is 5.47. The van der Waals surface area contributed by atoms with Crippen LogP contribution in [0.25, 0.3) is 11.1 Å². The molecule has 18 heavy (non-hydrogen) atoms. The Kier molecular flexibility index (Phi) is 6.13. The SMILES string of the molecule is CCC.CCc1ccccc1-c1cccc(F)c1. The summed E-state index contributed by atoms with van der Waals surface area (Å²) in [5, 5.41) is 0. The van der Waals surface area contributed by atoms with Crippen LogP contribution in [0.15, 0.2) is 48.5 Å². The smallest absolute Gasteiger partial charge is 0.123 e. The molecule has 0 amide bonds. The Balaban J connectivity index is 0.000000492. The van der Waals surface area contributed by atoms with Crippen LogP contribution in [0, 0.1) is 5.82 Å². The van der Waals surface area contributed by atoms with Crippen LogP contribution in [0.2, 0.25) is 0 Å². The molecule has 0 fully saturated rings. The quantitative estimate of drug-likeness (QED) is 0.657. The van der Waals surface area contributed by atoms with E-state index in [0.29, 0.717) is 0 Å². The topological polar surface area (TPSA) is 0 Å². The minimum absolute atomic E-state index is 0.182. The molecule has 2 rings (SSSR count). The minimum atomic E-state index is -0.182. The number of aryl methyl sites for hydroxylation is 1. The van der Waals surface area contributed by atoms with E-state index in [1.807, 2.05) is 24.3 Å². The molecule has 0 bridgehead atoms. The van der Waals surface area contributed by atoms with Gasteiger partial charge in [0.15, 0.2) is 0 Å². The zero-order valence-corrected chi connectivity index (χ0v) is 11.4. The maximum atomic E-state index is 13.1. The van der Waals surface area contributed by atoms with Crippen molar-refractivity contribution in [1.82, 2.24) is 0 Å². The van der Waals surface area contributed by atoms with E-state index in [-0.39, 0.29) is 5.82 Å². The maximum absolute atomic E-state index is 13.1. The average Bonchev–Trinajstić information content (AvgIpc) is 2.39. The van der Waals surface area contributed by atoms with Crippen LogP contribution < -0.4 is 0 Å². The second-order valence-corrected chi connectivity index (χ2v) is 4.23. The number of benzene rings is 2. The molecule has 0 unspecified atom stereocenters. The van der Waals surface area contributed by atoms with E-state index < -0.39 is 0 Å². The van der Waals surface area contributed by atoms with E-state index in [0.717, 1.165) is 17.5 Å². The van der Waals surface area contributed by atoms with Gasteiger partial charge in [0, 0.05) is 0 Å². The Labute approximate surface area is 109 Å². The summed E-state index contributed by atoms with van der Waals surface area (Å²) in [7, 11) is 0. The zero-order chi connectivity index (χ0) is 13.4. The molecule has 0 aromatic heterocycles. The van der Waals surface area contributed by atoms with E-state index in [2.05, 4.69) is 26.8 Å². The number of halogens is 1. The number of rotatable bonds is 2. The average molecular weight is 244 g/mol. The van der Waals surface area contributed by atoms with Crippen molar-refractivity contribution in [2.24, 2.45) is 0 Å². The molecule has 96 valence electrons. The molecule has 0 aliphatic heterocycles. The normalized spacial score (nSPS) is 9.56. The second kappa shape index (κ2) is 7.65. The minimum Gasteiger partial charge on any atom is -0.207 e. The van der Waals surface area contributed by atoms with Gasteiger partial charge in [0.2, 0.25) is 0 Å². The predicted molar refractivity (Wildman–Crippen MR) is 77.2 cm³/mol. The number of hydrogen-bond acceptors (Lipinski definition) is 0. The summed E-state index contributed by atoms with van der Waals surface area (Å²) in [6.45, 7) is 6.36. The van der Waals surface area contributed by atoms with Gasteiger partial charge in [0.05, 0.1) is 0 Å². The standard InChI is InChI=1S/C14H13F.C3H8/c1-2-11-6-3-4-9-14(11)12-7-5-8-13(15)10-12;1-3-2/h3-10H,2H2,1H3;3H2,1-2H3. The molecule has 2 aromatic carbocycles. The van der Waals surface area contributed by atoms with Crippen LogP contribution in [0.1, 0.15) is 32.8 Å². The Morgan fingerprint density at radius 3 is 2.17 bits per heavy atom. The van der Waals surface area contributed by atoms with Crippen molar-refractivity contribution in [2.45, 2.75) is 33.6 Å². The highest BCUT2D eigenvalue weighted by molar-refractivity contribution is 5.67. The van der Waals surface area contributed by atoms with Gasteiger partial charge >= 0.3 is 0 Å². The van der Waals surface area contributed by atoms with Crippen LogP contribution in [0.3, 0.4) is 0 Å². The zero-order valence-electron chi connectivity index (χ0n) is 11.4. The van der Waals surface area contributed by atoms with Crippen LogP contribution in [-0.2, 0) is 6.42 Å². The Morgan fingerprint density at radius 1 is 0.889 bits per heavy atom. The van der Waals surface area contributed by atoms with Crippen molar-refractivity contribution in [3.8, 4) is 11.1 Å². The fraction of sp³-hybridized carbons (Fsp3) is 0.294. The van der Waals surface area contributed by atoms with Crippen molar-refractivity contribution in [3.63, 3.8) is 0 Å². The molecule has 0 spiro atoms. The summed E-state index contributed by atoms with van der Waals surface area (Å²) in [4.78, 5) is 0. The highest BCUT2D eigenvalue weighted by Gasteiger charge is 2.03. The van der Waals surface area contributed by atoms with E-state index in [9.17, 15) is 4.39 Å². The first-order valence-corrected chi connectivity index (χ1v) is 6.56. The third-order valence-corrected chi connectivity index (χ3v) is 2.53. The Bertz CT molecular complexity index is 475. The van der Waals surface area contributed by atoms with Gasteiger partial charge < -0.3 is 0 Å². The third-order valence-electron chi connectivity index (χ3n) is 2.53. The first-order chi connectivity index (χ1) is 8.72. The molecular formula is C17H21F. The van der Waals surface area contributed by atoms with Crippen LogP contribution in [0.4, 0.5) is 4.39 Å². The molecule has 0 radical (unpaired) electrons. The van der Waals surface area contributed by atoms with Gasteiger partial charge in [-0.25, -0.2) is 4.39 Å². The van der Waals surface area contributed by atoms with Crippen molar-refractivity contribution in [2.75, 3.05) is 0 Å². The summed E-state index contributed by atoms with van der Waals surface area (Å²) in [6.07, 6.45) is 2.21. The molecule has 0 aliphatic carbocycles. The fourth-order valence-electron chi connectivity index (χ4n) is 1.77. The summed E-state index contributed by atoms with van der Waals surface area (Å²) < 4.78 is 13.1. The number of hydrogen-bond donors (Lipinski definition) is 0. The van der Waals surface area contributed by atoms with Crippen molar-refractivity contribution >= 4 is 0 Å². The highest BCUT2D eigenvalue weighted by atomic mass is 19.1. The van der Waals surface area contributed by atoms with E-state index >= 15 is 0 Å². The first kappa shape index (κ1) is 14.4. The molecular weight excluding hydrogens is 223 g/mol. The summed E-state index contributed by atoms with van der Waals surface area (Å²) in [6, 6.07) is 14.9. The molecule has 0 heterocycles. The fourth-order valence-corrected chi connectivity index (χ4v) is 1.77. The van der Waals surface area contributed by atoms with Gasteiger partial charge in [0.25, 0.3) is 0 Å². The lowest BCUT2D eigenvalue weighted by Gasteiger charge is -2.07. The first-order valence-electron chi connectivity index (χ1n) is 6.56. The lowest BCUT2D eigenvalue weighted by Crippen LogP contribution is -1.87. The lowest BCUT2D eigenvalue weighted by atomic mass is 9.98. The van der Waals surface area contributed by atoms with Crippen LogP contribution >= 0.6 is 0 Å². The molecule has 0 N–H and O–H groups in total. The van der Waals surface area contributed by atoms with Crippen molar-refractivity contribution < 1.29 is 4.39 Å². The van der Waals surface area contributed by atoms with Gasteiger partial charge in [0.1, 0.15) is 5.82 Å². The summed E-state index contributed by atoms with van der Waals surface area (Å²) >= 11 is 0. The van der Waals surface area contributed by atoms with Gasteiger partial charge in [-0.2, -0.15) is 0 Å². The molecule has 0 nitrogen and oxygen atoms in total. The summed E-state index contributed by atoms with van der Waals surface area (Å²) in [5.41, 5.74) is 3.33. The molecule has 2 aromatic rings. The monoisotopic (exact) mass is 244 g/mol. The van der Waals surface area contributed by atoms with Crippen LogP contribution in [-0.4, -0.2) is 0 Å². The molecule has 1 heteroatoms. The van der Waals surface area contributed by atoms with Gasteiger partial charge in [-0.3, -0.25) is 0 Å².